The third-order valence-corrected chi connectivity index (χ3v) is 4.77. The summed E-state index contributed by atoms with van der Waals surface area (Å²) < 4.78 is 5.93. The average Bonchev–Trinajstić information content (AvgIpc) is 2.47. The fraction of sp³-hybridized carbons (Fsp3) is 0.529. The molecule has 1 atom stereocenters. The largest absolute Gasteiger partial charge is 0.467 e. The number of aryl methyl sites for hydroxylation is 1. The lowest BCUT2D eigenvalue weighted by atomic mass is 9.96. The van der Waals surface area contributed by atoms with E-state index >= 15 is 0 Å². The zero-order valence-electron chi connectivity index (χ0n) is 14.1. The van der Waals surface area contributed by atoms with Gasteiger partial charge in [0.15, 0.2) is 0 Å². The van der Waals surface area contributed by atoms with Gasteiger partial charge < -0.3 is 9.64 Å². The summed E-state index contributed by atoms with van der Waals surface area (Å²) in [5.74, 6) is -0.230. The Bertz CT molecular complexity index is 587. The lowest BCUT2D eigenvalue weighted by molar-refractivity contribution is -0.141. The maximum absolute atomic E-state index is 12.0. The molecule has 1 aromatic rings. The molecule has 0 aliphatic heterocycles. The SMILES string of the molecule is CCc1cc(Br)c(C(C)=S)c(C)c1N(CC)C(C)C(=O)OC. The number of esters is 1. The van der Waals surface area contributed by atoms with E-state index in [-0.39, 0.29) is 12.0 Å². The third kappa shape index (κ3) is 3.69. The Morgan fingerprint density at radius 3 is 2.45 bits per heavy atom. The summed E-state index contributed by atoms with van der Waals surface area (Å²) in [6, 6.07) is 1.78. The highest BCUT2D eigenvalue weighted by Crippen LogP contribution is 2.35. The Hall–Kier alpha value is -0.940. The lowest BCUT2D eigenvalue weighted by Crippen LogP contribution is -2.40. The van der Waals surface area contributed by atoms with Crippen LogP contribution in [0.25, 0.3) is 0 Å². The molecular weight excluding hydrogens is 362 g/mol. The fourth-order valence-corrected chi connectivity index (χ4v) is 4.12. The number of anilines is 1. The molecular formula is C17H24BrNO2S. The molecule has 22 heavy (non-hydrogen) atoms. The first-order valence-corrected chi connectivity index (χ1v) is 8.67. The maximum atomic E-state index is 12.0. The van der Waals surface area contributed by atoms with Crippen molar-refractivity contribution in [2.75, 3.05) is 18.6 Å². The van der Waals surface area contributed by atoms with Crippen LogP contribution in [0.1, 0.15) is 44.4 Å². The van der Waals surface area contributed by atoms with Crippen molar-refractivity contribution in [3.8, 4) is 0 Å². The normalized spacial score (nSPS) is 12.0. The number of rotatable bonds is 6. The van der Waals surface area contributed by atoms with Crippen LogP contribution < -0.4 is 4.90 Å². The molecule has 0 aliphatic carbocycles. The molecule has 0 aliphatic rings. The Labute approximate surface area is 147 Å². The summed E-state index contributed by atoms with van der Waals surface area (Å²) >= 11 is 9.03. The highest BCUT2D eigenvalue weighted by Gasteiger charge is 2.26. The van der Waals surface area contributed by atoms with Crippen molar-refractivity contribution in [3.63, 3.8) is 0 Å². The first kappa shape index (κ1) is 19.1. The van der Waals surface area contributed by atoms with Crippen LogP contribution in [-0.4, -0.2) is 30.5 Å². The van der Waals surface area contributed by atoms with Crippen LogP contribution in [0.4, 0.5) is 5.69 Å². The summed E-state index contributed by atoms with van der Waals surface area (Å²) in [5.41, 5.74) is 4.43. The van der Waals surface area contributed by atoms with Crippen molar-refractivity contribution in [2.24, 2.45) is 0 Å². The number of halogens is 1. The van der Waals surface area contributed by atoms with Crippen molar-refractivity contribution in [2.45, 2.75) is 47.1 Å². The van der Waals surface area contributed by atoms with Gasteiger partial charge in [-0.1, -0.05) is 35.1 Å². The van der Waals surface area contributed by atoms with E-state index in [2.05, 4.69) is 40.7 Å². The predicted molar refractivity (Wildman–Crippen MR) is 100 cm³/mol. The van der Waals surface area contributed by atoms with Crippen molar-refractivity contribution < 1.29 is 9.53 Å². The molecule has 0 saturated heterocycles. The Morgan fingerprint density at radius 1 is 1.45 bits per heavy atom. The van der Waals surface area contributed by atoms with Crippen LogP contribution in [0.5, 0.6) is 0 Å². The van der Waals surface area contributed by atoms with Crippen LogP contribution in [0.15, 0.2) is 10.5 Å². The van der Waals surface area contributed by atoms with E-state index in [1.807, 2.05) is 20.8 Å². The molecule has 0 spiro atoms. The summed E-state index contributed by atoms with van der Waals surface area (Å²) in [4.78, 5) is 14.9. The minimum Gasteiger partial charge on any atom is -0.467 e. The molecule has 0 aromatic heterocycles. The number of thiocarbonyl (C=S) groups is 1. The zero-order chi connectivity index (χ0) is 17.0. The second-order valence-electron chi connectivity index (χ2n) is 5.26. The van der Waals surface area contributed by atoms with Crippen LogP contribution in [0, 0.1) is 6.92 Å². The van der Waals surface area contributed by atoms with Gasteiger partial charge in [-0.05, 0) is 51.3 Å². The Balaban J connectivity index is 3.58. The van der Waals surface area contributed by atoms with E-state index in [0.717, 1.165) is 39.1 Å². The van der Waals surface area contributed by atoms with Gasteiger partial charge in [-0.25, -0.2) is 4.79 Å². The van der Waals surface area contributed by atoms with Gasteiger partial charge in [0, 0.05) is 27.1 Å². The van der Waals surface area contributed by atoms with Gasteiger partial charge >= 0.3 is 5.97 Å². The van der Waals surface area contributed by atoms with E-state index in [1.54, 1.807) is 0 Å². The minimum atomic E-state index is -0.335. The molecule has 0 fully saturated rings. The molecule has 122 valence electrons. The van der Waals surface area contributed by atoms with Gasteiger partial charge in [-0.2, -0.15) is 0 Å². The maximum Gasteiger partial charge on any atom is 0.328 e. The molecule has 3 nitrogen and oxygen atoms in total. The fourth-order valence-electron chi connectivity index (χ4n) is 2.86. The van der Waals surface area contributed by atoms with Gasteiger partial charge in [0.1, 0.15) is 6.04 Å². The highest BCUT2D eigenvalue weighted by molar-refractivity contribution is 9.10. The molecule has 5 heteroatoms. The van der Waals surface area contributed by atoms with Crippen molar-refractivity contribution in [1.82, 2.24) is 0 Å². The Morgan fingerprint density at radius 2 is 2.05 bits per heavy atom. The van der Waals surface area contributed by atoms with E-state index < -0.39 is 0 Å². The molecule has 0 bridgehead atoms. The quantitative estimate of drug-likeness (QED) is 0.411. The summed E-state index contributed by atoms with van der Waals surface area (Å²) in [5, 5.41) is 0. The lowest BCUT2D eigenvalue weighted by Gasteiger charge is -2.32. The van der Waals surface area contributed by atoms with E-state index in [1.165, 1.54) is 12.7 Å². The summed E-state index contributed by atoms with van der Waals surface area (Å²) in [6.45, 7) is 10.8. The number of hydrogen-bond donors (Lipinski definition) is 0. The van der Waals surface area contributed by atoms with E-state index in [4.69, 9.17) is 17.0 Å². The predicted octanol–water partition coefficient (Wildman–Crippen LogP) is 4.45. The van der Waals surface area contributed by atoms with Crippen molar-refractivity contribution >= 4 is 44.7 Å². The number of benzene rings is 1. The van der Waals surface area contributed by atoms with Crippen molar-refractivity contribution in [3.05, 3.63) is 27.2 Å². The van der Waals surface area contributed by atoms with Gasteiger partial charge in [0.2, 0.25) is 0 Å². The second kappa shape index (κ2) is 8.06. The molecule has 1 aromatic carbocycles. The number of likely N-dealkylation sites (N-methyl/N-ethyl adjacent to an activating group) is 1. The van der Waals surface area contributed by atoms with Crippen LogP contribution in [0.2, 0.25) is 0 Å². The van der Waals surface area contributed by atoms with Gasteiger partial charge in [-0.15, -0.1) is 0 Å². The molecule has 0 saturated carbocycles. The smallest absolute Gasteiger partial charge is 0.328 e. The zero-order valence-corrected chi connectivity index (χ0v) is 16.5. The minimum absolute atomic E-state index is 0.230. The first-order valence-electron chi connectivity index (χ1n) is 7.47. The summed E-state index contributed by atoms with van der Waals surface area (Å²) in [6.07, 6.45) is 0.885. The topological polar surface area (TPSA) is 29.5 Å². The molecule has 0 amide bonds. The van der Waals surface area contributed by atoms with Gasteiger partial charge in [0.05, 0.1) is 7.11 Å². The third-order valence-electron chi connectivity index (χ3n) is 3.94. The number of ether oxygens (including phenoxy) is 1. The number of methoxy groups -OCH3 is 1. The monoisotopic (exact) mass is 385 g/mol. The number of nitrogens with zero attached hydrogens (tertiary/aromatic N) is 1. The number of carbonyl (C=O) groups excluding carboxylic acids is 1. The molecule has 0 N–H and O–H groups in total. The van der Waals surface area contributed by atoms with Crippen LogP contribution in [0.3, 0.4) is 0 Å². The van der Waals surface area contributed by atoms with Gasteiger partial charge in [-0.3, -0.25) is 0 Å². The summed E-state index contributed by atoms with van der Waals surface area (Å²) in [7, 11) is 1.43. The molecule has 1 unspecified atom stereocenters. The Kier molecular flexibility index (Phi) is 7.00. The van der Waals surface area contributed by atoms with E-state index in [9.17, 15) is 4.79 Å². The van der Waals surface area contributed by atoms with Crippen molar-refractivity contribution in [1.29, 1.82) is 0 Å². The molecule has 0 radical (unpaired) electrons. The standard InChI is InChI=1S/C17H24BrNO2S/c1-7-13-9-14(18)15(12(5)22)10(3)16(13)19(8-2)11(4)17(20)21-6/h9,11H,7-8H2,1-6H3. The van der Waals surface area contributed by atoms with Gasteiger partial charge in [0.25, 0.3) is 0 Å². The second-order valence-corrected chi connectivity index (χ2v) is 6.73. The van der Waals surface area contributed by atoms with Crippen LogP contribution in [-0.2, 0) is 16.0 Å². The molecule has 0 heterocycles. The number of hydrogen-bond acceptors (Lipinski definition) is 4. The average molecular weight is 386 g/mol. The van der Waals surface area contributed by atoms with Crippen LogP contribution >= 0.6 is 28.1 Å². The highest BCUT2D eigenvalue weighted by atomic mass is 79.9. The first-order chi connectivity index (χ1) is 10.3. The molecule has 1 rings (SSSR count). The van der Waals surface area contributed by atoms with E-state index in [0.29, 0.717) is 0 Å². The number of carbonyl (C=O) groups is 1.